The van der Waals surface area contributed by atoms with Crippen LogP contribution in [-0.2, 0) is 14.3 Å². The molecule has 1 aliphatic rings. The van der Waals surface area contributed by atoms with E-state index in [-0.39, 0.29) is 12.5 Å². The zero-order valence-corrected chi connectivity index (χ0v) is 17.7. The molecule has 3 heterocycles. The zero-order valence-electron chi connectivity index (χ0n) is 16.9. The van der Waals surface area contributed by atoms with E-state index >= 15 is 0 Å². The molecule has 1 aliphatic heterocycles. The third-order valence-corrected chi connectivity index (χ3v) is 6.19. The van der Waals surface area contributed by atoms with Gasteiger partial charge < -0.3 is 4.74 Å². The third-order valence-electron chi connectivity index (χ3n) is 5.25. The Kier molecular flexibility index (Phi) is 5.41. The maximum absolute atomic E-state index is 13.6. The van der Waals surface area contributed by atoms with Crippen LogP contribution in [0.15, 0.2) is 41.8 Å². The van der Waals surface area contributed by atoms with Crippen molar-refractivity contribution in [3.63, 3.8) is 0 Å². The number of aromatic nitrogens is 2. The van der Waals surface area contributed by atoms with Crippen LogP contribution in [0.2, 0.25) is 0 Å². The van der Waals surface area contributed by atoms with E-state index in [0.717, 1.165) is 22.3 Å². The molecule has 7 heteroatoms. The Morgan fingerprint density at radius 3 is 2.72 bits per heavy atom. The number of nitrogens with zero attached hydrogens (tertiary/aromatic N) is 3. The Hall–Kier alpha value is -2.67. The van der Waals surface area contributed by atoms with Crippen molar-refractivity contribution in [2.75, 3.05) is 18.1 Å². The van der Waals surface area contributed by atoms with Crippen molar-refractivity contribution in [1.82, 2.24) is 9.55 Å². The summed E-state index contributed by atoms with van der Waals surface area (Å²) in [5, 5.41) is 1.96. The smallest absolute Gasteiger partial charge is 0.321 e. The van der Waals surface area contributed by atoms with Crippen LogP contribution >= 0.6 is 11.3 Å². The van der Waals surface area contributed by atoms with Gasteiger partial charge in [0.1, 0.15) is 0 Å². The monoisotopic (exact) mass is 411 g/mol. The Morgan fingerprint density at radius 1 is 1.24 bits per heavy atom. The Morgan fingerprint density at radius 2 is 2.03 bits per heavy atom. The fourth-order valence-electron chi connectivity index (χ4n) is 3.86. The lowest BCUT2D eigenvalue weighted by Gasteiger charge is -2.37. The molecule has 3 aromatic rings. The number of benzene rings is 1. The normalized spacial score (nSPS) is 19.0. The maximum Gasteiger partial charge on any atom is 0.321 e. The molecule has 0 unspecified atom stereocenters. The lowest BCUT2D eigenvalue weighted by atomic mass is 9.93. The van der Waals surface area contributed by atoms with Gasteiger partial charge in [-0.2, -0.15) is 0 Å². The average Bonchev–Trinajstić information content (AvgIpc) is 3.34. The van der Waals surface area contributed by atoms with Crippen LogP contribution in [0.1, 0.15) is 38.1 Å². The highest BCUT2D eigenvalue weighted by Gasteiger charge is 2.48. The average molecular weight is 412 g/mol. The predicted molar refractivity (Wildman–Crippen MR) is 114 cm³/mol. The first-order chi connectivity index (χ1) is 14.0. The molecule has 152 valence electrons. The number of esters is 1. The van der Waals surface area contributed by atoms with Gasteiger partial charge in [0, 0.05) is 11.4 Å². The van der Waals surface area contributed by atoms with Gasteiger partial charge in [0.05, 0.1) is 23.7 Å². The molecule has 0 spiro atoms. The SMILES string of the molecule is CCOC(=O)[C@@H]1C(=O)N(CCC(C)C)c2nc3ccccc3n2[C@@H]1c1cccs1. The fourth-order valence-corrected chi connectivity index (χ4v) is 4.71. The van der Waals surface area contributed by atoms with E-state index in [4.69, 9.17) is 9.72 Å². The number of hydrogen-bond acceptors (Lipinski definition) is 5. The molecule has 4 rings (SSSR count). The van der Waals surface area contributed by atoms with Gasteiger partial charge in [-0.1, -0.05) is 32.0 Å². The Balaban J connectivity index is 1.93. The second kappa shape index (κ2) is 7.99. The molecule has 0 saturated carbocycles. The number of hydrogen-bond donors (Lipinski definition) is 0. The number of fused-ring (bicyclic) bond motifs is 3. The van der Waals surface area contributed by atoms with Crippen molar-refractivity contribution in [2.24, 2.45) is 11.8 Å². The van der Waals surface area contributed by atoms with E-state index in [0.29, 0.717) is 18.4 Å². The molecule has 6 nitrogen and oxygen atoms in total. The summed E-state index contributed by atoms with van der Waals surface area (Å²) in [6.45, 7) is 6.76. The summed E-state index contributed by atoms with van der Waals surface area (Å²) >= 11 is 1.54. The van der Waals surface area contributed by atoms with Gasteiger partial charge in [-0.3, -0.25) is 19.1 Å². The topological polar surface area (TPSA) is 64.4 Å². The molecule has 2 aromatic heterocycles. The van der Waals surface area contributed by atoms with Crippen LogP contribution in [0.5, 0.6) is 0 Å². The molecular weight excluding hydrogens is 386 g/mol. The van der Waals surface area contributed by atoms with Crippen molar-refractivity contribution in [3.05, 3.63) is 46.7 Å². The molecule has 0 bridgehead atoms. The van der Waals surface area contributed by atoms with Crippen molar-refractivity contribution in [2.45, 2.75) is 33.2 Å². The van der Waals surface area contributed by atoms with E-state index in [2.05, 4.69) is 13.8 Å². The molecule has 1 aromatic carbocycles. The number of thiophene rings is 1. The van der Waals surface area contributed by atoms with Gasteiger partial charge in [0.25, 0.3) is 0 Å². The number of ether oxygens (including phenoxy) is 1. The summed E-state index contributed by atoms with van der Waals surface area (Å²) in [7, 11) is 0. The van der Waals surface area contributed by atoms with Crippen LogP contribution in [0, 0.1) is 11.8 Å². The van der Waals surface area contributed by atoms with Gasteiger partial charge in [-0.25, -0.2) is 4.98 Å². The predicted octanol–water partition coefficient (Wildman–Crippen LogP) is 4.26. The third kappa shape index (κ3) is 3.44. The van der Waals surface area contributed by atoms with Crippen LogP contribution in [0.25, 0.3) is 11.0 Å². The number of para-hydroxylation sites is 2. The van der Waals surface area contributed by atoms with E-state index in [1.165, 1.54) is 11.3 Å². The summed E-state index contributed by atoms with van der Waals surface area (Å²) in [5.41, 5.74) is 1.73. The van der Waals surface area contributed by atoms with Crippen molar-refractivity contribution in [3.8, 4) is 0 Å². The zero-order chi connectivity index (χ0) is 20.5. The standard InChI is InChI=1S/C22H25N3O3S/c1-4-28-21(27)18-19(17-10-7-13-29-17)25-16-9-6-5-8-15(16)23-22(25)24(20(18)26)12-11-14(2)3/h5-10,13-14,18-19H,4,11-12H2,1-3H3/t18-,19+/m0/s1. The van der Waals surface area contributed by atoms with Gasteiger partial charge in [0.15, 0.2) is 5.92 Å². The summed E-state index contributed by atoms with van der Waals surface area (Å²) in [5.74, 6) is -0.599. The van der Waals surface area contributed by atoms with E-state index < -0.39 is 17.9 Å². The second-order valence-electron chi connectivity index (χ2n) is 7.63. The Labute approximate surface area is 174 Å². The van der Waals surface area contributed by atoms with Gasteiger partial charge in [0.2, 0.25) is 11.9 Å². The summed E-state index contributed by atoms with van der Waals surface area (Å²) in [6.07, 6.45) is 0.828. The highest BCUT2D eigenvalue weighted by molar-refractivity contribution is 7.10. The largest absolute Gasteiger partial charge is 0.465 e. The van der Waals surface area contributed by atoms with Crippen molar-refractivity contribution >= 4 is 40.2 Å². The number of amides is 1. The minimum absolute atomic E-state index is 0.231. The molecule has 2 atom stereocenters. The highest BCUT2D eigenvalue weighted by atomic mass is 32.1. The quantitative estimate of drug-likeness (QED) is 0.449. The number of anilines is 1. The molecule has 29 heavy (non-hydrogen) atoms. The molecule has 0 saturated heterocycles. The van der Waals surface area contributed by atoms with Gasteiger partial charge >= 0.3 is 5.97 Å². The van der Waals surface area contributed by atoms with Crippen LogP contribution < -0.4 is 4.90 Å². The lowest BCUT2D eigenvalue weighted by Crippen LogP contribution is -2.50. The lowest BCUT2D eigenvalue weighted by molar-refractivity contribution is -0.153. The summed E-state index contributed by atoms with van der Waals surface area (Å²) in [4.78, 5) is 33.9. The molecule has 0 radical (unpaired) electrons. The first kappa shape index (κ1) is 19.6. The van der Waals surface area contributed by atoms with Crippen LogP contribution in [0.3, 0.4) is 0 Å². The number of imidazole rings is 1. The molecular formula is C22H25N3O3S. The molecule has 0 N–H and O–H groups in total. The first-order valence-electron chi connectivity index (χ1n) is 10.0. The summed E-state index contributed by atoms with van der Waals surface area (Å²) in [6, 6.07) is 11.3. The minimum Gasteiger partial charge on any atom is -0.465 e. The number of carbonyl (C=O) groups is 2. The maximum atomic E-state index is 13.6. The highest BCUT2D eigenvalue weighted by Crippen LogP contribution is 2.42. The summed E-state index contributed by atoms with van der Waals surface area (Å²) < 4.78 is 7.39. The minimum atomic E-state index is -0.925. The van der Waals surface area contributed by atoms with Crippen LogP contribution in [0.4, 0.5) is 5.95 Å². The van der Waals surface area contributed by atoms with E-state index in [9.17, 15) is 9.59 Å². The fraction of sp³-hybridized carbons (Fsp3) is 0.409. The number of rotatable bonds is 6. The molecule has 1 amide bonds. The van der Waals surface area contributed by atoms with Crippen molar-refractivity contribution in [1.29, 1.82) is 0 Å². The first-order valence-corrected chi connectivity index (χ1v) is 10.9. The second-order valence-corrected chi connectivity index (χ2v) is 8.61. The Bertz CT molecular complexity index is 1030. The van der Waals surface area contributed by atoms with Gasteiger partial charge in [-0.05, 0) is 42.8 Å². The van der Waals surface area contributed by atoms with Gasteiger partial charge in [-0.15, -0.1) is 11.3 Å². The number of carbonyl (C=O) groups excluding carboxylic acids is 2. The van der Waals surface area contributed by atoms with Crippen molar-refractivity contribution < 1.29 is 14.3 Å². The van der Waals surface area contributed by atoms with Crippen LogP contribution in [-0.4, -0.2) is 34.6 Å². The molecule has 0 aliphatic carbocycles. The van der Waals surface area contributed by atoms with E-state index in [1.54, 1.807) is 11.8 Å². The van der Waals surface area contributed by atoms with E-state index in [1.807, 2.05) is 46.3 Å². The molecule has 0 fully saturated rings.